The van der Waals surface area contributed by atoms with Crippen molar-refractivity contribution in [3.63, 3.8) is 0 Å². The predicted molar refractivity (Wildman–Crippen MR) is 149 cm³/mol. The zero-order valence-electron chi connectivity index (χ0n) is 21.4. The molecule has 5 N–H and O–H groups in total. The van der Waals surface area contributed by atoms with Crippen molar-refractivity contribution in [2.75, 3.05) is 23.9 Å². The maximum absolute atomic E-state index is 13.6. The van der Waals surface area contributed by atoms with Crippen molar-refractivity contribution in [1.82, 2.24) is 4.98 Å². The lowest BCUT2D eigenvalue weighted by Crippen LogP contribution is -2.26. The van der Waals surface area contributed by atoms with Crippen LogP contribution in [0.5, 0.6) is 0 Å². The van der Waals surface area contributed by atoms with Gasteiger partial charge in [0.15, 0.2) is 0 Å². The Balaban J connectivity index is 1.58. The third-order valence-electron chi connectivity index (χ3n) is 7.10. The van der Waals surface area contributed by atoms with Gasteiger partial charge in [-0.1, -0.05) is 20.8 Å². The van der Waals surface area contributed by atoms with Crippen molar-refractivity contribution in [2.45, 2.75) is 40.0 Å². The van der Waals surface area contributed by atoms with E-state index in [0.717, 1.165) is 41.0 Å². The van der Waals surface area contributed by atoms with E-state index in [0.29, 0.717) is 38.0 Å². The highest BCUT2D eigenvalue weighted by Crippen LogP contribution is 2.46. The number of hydrogen-bond acceptors (Lipinski definition) is 10. The summed E-state index contributed by atoms with van der Waals surface area (Å²) in [4.78, 5) is 32.4. The highest BCUT2D eigenvalue weighted by molar-refractivity contribution is 7.21. The zero-order chi connectivity index (χ0) is 27.4. The topological polar surface area (TPSA) is 157 Å². The number of amides is 1. The molecule has 4 aromatic heterocycles. The molecule has 0 radical (unpaired) electrons. The van der Waals surface area contributed by atoms with E-state index in [-0.39, 0.29) is 27.4 Å². The van der Waals surface area contributed by atoms with Crippen LogP contribution in [0.4, 0.5) is 16.5 Å². The van der Waals surface area contributed by atoms with E-state index >= 15 is 0 Å². The van der Waals surface area contributed by atoms with E-state index in [1.165, 1.54) is 24.7 Å². The molecule has 9 nitrogen and oxygen atoms in total. The van der Waals surface area contributed by atoms with Gasteiger partial charge in [-0.15, -0.1) is 22.7 Å². The fourth-order valence-corrected chi connectivity index (χ4v) is 7.33. The lowest BCUT2D eigenvalue weighted by molar-refractivity contribution is 0.0600. The van der Waals surface area contributed by atoms with Crippen LogP contribution in [0.2, 0.25) is 0 Å². The maximum Gasteiger partial charge on any atom is 0.341 e. The molecule has 4 aromatic rings. The van der Waals surface area contributed by atoms with Crippen LogP contribution in [-0.2, 0) is 17.6 Å². The minimum Gasteiger partial charge on any atom is -0.465 e. The summed E-state index contributed by atoms with van der Waals surface area (Å²) in [5, 5.41) is 13.5. The second-order valence-corrected chi connectivity index (χ2v) is 12.4. The Kier molecular flexibility index (Phi) is 6.41. The summed E-state index contributed by atoms with van der Waals surface area (Å²) in [6.45, 7) is 6.67. The number of aromatic nitrogens is 1. The number of pyridine rings is 1. The summed E-state index contributed by atoms with van der Waals surface area (Å²) in [5.41, 5.74) is 14.7. The molecule has 1 amide bonds. The number of anilines is 3. The lowest BCUT2D eigenvalue weighted by Gasteiger charge is -2.33. The van der Waals surface area contributed by atoms with Crippen LogP contribution in [0.15, 0.2) is 22.8 Å². The summed E-state index contributed by atoms with van der Waals surface area (Å²) in [6, 6.07) is 5.45. The Bertz CT molecular complexity index is 1620. The number of fused-ring (bicyclic) bond motifs is 2. The van der Waals surface area contributed by atoms with Crippen LogP contribution in [-0.4, -0.2) is 24.0 Å². The molecule has 38 heavy (non-hydrogen) atoms. The molecule has 4 heterocycles. The number of nitrogens with zero attached hydrogens (tertiary/aromatic N) is 2. The normalized spacial score (nSPS) is 15.2. The average molecular weight is 550 g/mol. The Hall–Kier alpha value is -3.88. The molecular weight excluding hydrogens is 522 g/mol. The predicted octanol–water partition coefficient (Wildman–Crippen LogP) is 5.84. The summed E-state index contributed by atoms with van der Waals surface area (Å²) in [6.07, 6.45) is 4.01. The van der Waals surface area contributed by atoms with Crippen LogP contribution in [0.3, 0.4) is 0 Å². The molecule has 0 bridgehead atoms. The molecule has 0 aromatic carbocycles. The number of carbonyl (C=O) groups is 2. The number of nitrogens with one attached hydrogen (secondary N) is 1. The van der Waals surface area contributed by atoms with E-state index in [1.54, 1.807) is 12.1 Å². The van der Waals surface area contributed by atoms with E-state index in [4.69, 9.17) is 20.6 Å². The van der Waals surface area contributed by atoms with Crippen molar-refractivity contribution in [1.29, 1.82) is 5.26 Å². The smallest absolute Gasteiger partial charge is 0.341 e. The highest BCUT2D eigenvalue weighted by Gasteiger charge is 2.35. The number of nitriles is 1. The van der Waals surface area contributed by atoms with Gasteiger partial charge in [0.25, 0.3) is 5.91 Å². The largest absolute Gasteiger partial charge is 0.465 e. The molecule has 5 rings (SSSR count). The second-order valence-electron chi connectivity index (χ2n) is 10.3. The standard InChI is InChI=1S/C27H27N5O4S2/c1-27(2,3)12-7-8-13-16(10-12)37-24(18(13)26(34)35-4)32-23(33)21-20(29)19-17(15-6-5-9-36-15)14(11-28)22(30)31-25(19)38-21/h5-6,9,12H,7-8,10,29H2,1-4H3,(H2,30,31)(H,32,33). The number of esters is 1. The Morgan fingerprint density at radius 2 is 2.05 bits per heavy atom. The molecule has 0 saturated heterocycles. The monoisotopic (exact) mass is 549 g/mol. The molecule has 0 aliphatic heterocycles. The molecule has 11 heteroatoms. The van der Waals surface area contributed by atoms with Gasteiger partial charge in [0.1, 0.15) is 37.9 Å². The molecule has 196 valence electrons. The van der Waals surface area contributed by atoms with E-state index in [2.05, 4.69) is 37.1 Å². The van der Waals surface area contributed by atoms with Crippen molar-refractivity contribution in [2.24, 2.45) is 11.3 Å². The van der Waals surface area contributed by atoms with Gasteiger partial charge in [0, 0.05) is 10.3 Å². The van der Waals surface area contributed by atoms with Gasteiger partial charge in [0.2, 0.25) is 0 Å². The third-order valence-corrected chi connectivity index (χ3v) is 9.36. The Morgan fingerprint density at radius 3 is 2.68 bits per heavy atom. The summed E-state index contributed by atoms with van der Waals surface area (Å²) < 4.78 is 10.6. The minimum absolute atomic E-state index is 0.0203. The van der Waals surface area contributed by atoms with Gasteiger partial charge in [-0.25, -0.2) is 9.78 Å². The van der Waals surface area contributed by atoms with Crippen molar-refractivity contribution < 1.29 is 18.7 Å². The summed E-state index contributed by atoms with van der Waals surface area (Å²) in [7, 11) is 1.34. The molecule has 1 atom stereocenters. The quantitative estimate of drug-likeness (QED) is 0.268. The first kappa shape index (κ1) is 25.8. The summed E-state index contributed by atoms with van der Waals surface area (Å²) in [5.74, 6) is -0.0863. The molecule has 1 aliphatic rings. The number of thiophene rings is 2. The molecular formula is C27H27N5O4S2. The second kappa shape index (κ2) is 9.45. The van der Waals surface area contributed by atoms with Gasteiger partial charge in [0.05, 0.1) is 30.2 Å². The van der Waals surface area contributed by atoms with Gasteiger partial charge >= 0.3 is 5.97 Å². The van der Waals surface area contributed by atoms with Crippen LogP contribution in [0.1, 0.15) is 63.2 Å². The van der Waals surface area contributed by atoms with Crippen molar-refractivity contribution in [3.05, 3.63) is 44.8 Å². The van der Waals surface area contributed by atoms with E-state index < -0.39 is 11.9 Å². The highest BCUT2D eigenvalue weighted by atomic mass is 32.1. The fraction of sp³-hybridized carbons (Fsp3) is 0.333. The first-order valence-corrected chi connectivity index (χ1v) is 13.7. The van der Waals surface area contributed by atoms with Gasteiger partial charge in [-0.3, -0.25) is 4.79 Å². The number of hydrogen-bond donors (Lipinski definition) is 3. The Morgan fingerprint density at radius 1 is 1.29 bits per heavy atom. The molecule has 1 aliphatic carbocycles. The lowest BCUT2D eigenvalue weighted by atomic mass is 9.72. The number of rotatable bonds is 4. The SMILES string of the molecule is COC(=O)c1c(NC(=O)c2sc3nc(N)c(C#N)c(-c4ccco4)c3c2N)sc2c1CCC(C(C)(C)C)C2. The van der Waals surface area contributed by atoms with Crippen LogP contribution < -0.4 is 16.8 Å². The number of carbonyl (C=O) groups excluding carboxylic acids is 2. The first-order chi connectivity index (χ1) is 18.0. The van der Waals surface area contributed by atoms with Gasteiger partial charge in [-0.05, 0) is 48.3 Å². The minimum atomic E-state index is -0.482. The van der Waals surface area contributed by atoms with Crippen LogP contribution >= 0.6 is 22.7 Å². The number of furan rings is 1. The average Bonchev–Trinajstić information content (AvgIpc) is 3.59. The van der Waals surface area contributed by atoms with Gasteiger partial charge in [-0.2, -0.15) is 5.26 Å². The zero-order valence-corrected chi connectivity index (χ0v) is 23.1. The van der Waals surface area contributed by atoms with Crippen molar-refractivity contribution in [3.8, 4) is 17.4 Å². The number of ether oxygens (including phenoxy) is 1. The van der Waals surface area contributed by atoms with E-state index in [9.17, 15) is 14.9 Å². The molecule has 0 spiro atoms. The van der Waals surface area contributed by atoms with Crippen LogP contribution in [0, 0.1) is 22.7 Å². The number of methoxy groups -OCH3 is 1. The maximum atomic E-state index is 13.6. The molecule has 0 saturated carbocycles. The Labute approximate surface area is 227 Å². The fourth-order valence-electron chi connectivity index (χ4n) is 5.01. The van der Waals surface area contributed by atoms with Crippen molar-refractivity contribution >= 4 is 61.3 Å². The van der Waals surface area contributed by atoms with E-state index in [1.807, 2.05) is 0 Å². The van der Waals surface area contributed by atoms with Crippen LogP contribution in [0.25, 0.3) is 21.5 Å². The summed E-state index contributed by atoms with van der Waals surface area (Å²) >= 11 is 2.47. The van der Waals surface area contributed by atoms with Gasteiger partial charge < -0.3 is 25.9 Å². The molecule has 1 unspecified atom stereocenters. The first-order valence-electron chi connectivity index (χ1n) is 12.0. The number of nitrogens with two attached hydrogens (primary N) is 2. The number of nitrogen functional groups attached to an aromatic ring is 2. The third kappa shape index (κ3) is 4.19. The molecule has 0 fully saturated rings.